The van der Waals surface area contributed by atoms with Crippen molar-refractivity contribution in [1.29, 1.82) is 0 Å². The van der Waals surface area contributed by atoms with E-state index in [1.165, 1.54) is 0 Å². The minimum atomic E-state index is -3.40. The highest BCUT2D eigenvalue weighted by Crippen LogP contribution is 2.31. The maximum absolute atomic E-state index is 12.6. The quantitative estimate of drug-likeness (QED) is 0.711. The van der Waals surface area contributed by atoms with Crippen LogP contribution in [-0.2, 0) is 20.1 Å². The number of halogens is 1. The van der Waals surface area contributed by atoms with Gasteiger partial charge in [-0.1, -0.05) is 28.1 Å². The topological polar surface area (TPSA) is 46.6 Å². The first-order chi connectivity index (χ1) is 9.09. The van der Waals surface area contributed by atoms with Crippen molar-refractivity contribution >= 4 is 26.0 Å². The van der Waals surface area contributed by atoms with E-state index in [2.05, 4.69) is 15.9 Å². The minimum absolute atomic E-state index is 0.149. The average Bonchev–Trinajstić information content (AvgIpc) is 3.23. The Bertz CT molecular complexity index is 511. The van der Waals surface area contributed by atoms with Gasteiger partial charge in [0.15, 0.2) is 0 Å². The second-order valence-electron chi connectivity index (χ2n) is 4.62. The normalized spacial score (nSPS) is 15.9. The molecule has 0 spiro atoms. The Hall–Kier alpha value is -0.430. The Kier molecular flexibility index (Phi) is 5.00. The van der Waals surface area contributed by atoms with Crippen molar-refractivity contribution in [1.82, 2.24) is 4.31 Å². The molecule has 0 unspecified atom stereocenters. The molecule has 0 N–H and O–H groups in total. The molecule has 0 saturated heterocycles. The summed E-state index contributed by atoms with van der Waals surface area (Å²) in [5.74, 6) is 0. The van der Waals surface area contributed by atoms with E-state index in [-0.39, 0.29) is 6.04 Å². The summed E-state index contributed by atoms with van der Waals surface area (Å²) in [6.07, 6.45) is 1.89. The fourth-order valence-corrected chi connectivity index (χ4v) is 3.97. The molecule has 0 amide bonds. The van der Waals surface area contributed by atoms with Crippen LogP contribution in [0.3, 0.4) is 0 Å². The fourth-order valence-electron chi connectivity index (χ4n) is 1.93. The number of nitrogens with zero attached hydrogens (tertiary/aromatic N) is 1. The Morgan fingerprint density at radius 3 is 2.42 bits per heavy atom. The van der Waals surface area contributed by atoms with E-state index in [9.17, 15) is 8.42 Å². The largest absolute Gasteiger partial charge is 0.383 e. The third-order valence-electron chi connectivity index (χ3n) is 3.15. The van der Waals surface area contributed by atoms with Crippen LogP contribution in [0.25, 0.3) is 0 Å². The lowest BCUT2D eigenvalue weighted by atomic mass is 10.2. The summed E-state index contributed by atoms with van der Waals surface area (Å²) in [5, 5.41) is 0.726. The van der Waals surface area contributed by atoms with Crippen LogP contribution >= 0.6 is 15.9 Å². The number of ether oxygens (including phenoxy) is 1. The number of benzene rings is 1. The number of alkyl halides is 1. The lowest BCUT2D eigenvalue weighted by Crippen LogP contribution is -2.35. The molecule has 4 nitrogen and oxygen atoms in total. The summed E-state index contributed by atoms with van der Waals surface area (Å²) >= 11 is 3.35. The van der Waals surface area contributed by atoms with Gasteiger partial charge in [0.05, 0.1) is 11.5 Å². The Labute approximate surface area is 122 Å². The van der Waals surface area contributed by atoms with E-state index in [0.717, 1.165) is 23.7 Å². The van der Waals surface area contributed by atoms with Crippen molar-refractivity contribution in [3.05, 3.63) is 29.8 Å². The molecule has 1 fully saturated rings. The zero-order chi connectivity index (χ0) is 13.9. The van der Waals surface area contributed by atoms with E-state index in [0.29, 0.717) is 18.0 Å². The van der Waals surface area contributed by atoms with Gasteiger partial charge in [-0.3, -0.25) is 0 Å². The molecular formula is C13H18BrNO3S. The van der Waals surface area contributed by atoms with Crippen molar-refractivity contribution in [2.45, 2.75) is 29.1 Å². The van der Waals surface area contributed by atoms with Gasteiger partial charge in [0.2, 0.25) is 10.0 Å². The Morgan fingerprint density at radius 1 is 1.32 bits per heavy atom. The maximum atomic E-state index is 12.6. The van der Waals surface area contributed by atoms with Crippen LogP contribution < -0.4 is 0 Å². The number of sulfonamides is 1. The van der Waals surface area contributed by atoms with Gasteiger partial charge in [0.25, 0.3) is 0 Å². The van der Waals surface area contributed by atoms with Crippen molar-refractivity contribution in [3.63, 3.8) is 0 Å². The molecule has 106 valence electrons. The van der Waals surface area contributed by atoms with E-state index in [4.69, 9.17) is 4.74 Å². The van der Waals surface area contributed by atoms with Gasteiger partial charge in [-0.2, -0.15) is 4.31 Å². The molecule has 0 atom stereocenters. The van der Waals surface area contributed by atoms with Crippen LogP contribution in [0, 0.1) is 0 Å². The van der Waals surface area contributed by atoms with Gasteiger partial charge in [0, 0.05) is 25.0 Å². The molecule has 2 rings (SSSR count). The second-order valence-corrected chi connectivity index (χ2v) is 7.07. The number of hydrogen-bond donors (Lipinski definition) is 0. The van der Waals surface area contributed by atoms with Gasteiger partial charge in [-0.25, -0.2) is 8.42 Å². The molecular weight excluding hydrogens is 330 g/mol. The van der Waals surface area contributed by atoms with E-state index in [1.54, 1.807) is 23.5 Å². The first-order valence-electron chi connectivity index (χ1n) is 6.25. The number of rotatable bonds is 7. The van der Waals surface area contributed by atoms with Crippen molar-refractivity contribution < 1.29 is 13.2 Å². The first kappa shape index (κ1) is 15.0. The molecule has 1 aliphatic rings. The smallest absolute Gasteiger partial charge is 0.243 e. The third kappa shape index (κ3) is 3.56. The standard InChI is InChI=1S/C13H18BrNO3S/c1-18-9-8-15(12-4-5-12)19(16,17)13-6-2-11(10-14)3-7-13/h2-3,6-7,12H,4-5,8-10H2,1H3. The van der Waals surface area contributed by atoms with Gasteiger partial charge in [-0.05, 0) is 30.5 Å². The summed E-state index contributed by atoms with van der Waals surface area (Å²) in [6.45, 7) is 0.846. The van der Waals surface area contributed by atoms with E-state index in [1.807, 2.05) is 12.1 Å². The SMILES string of the molecule is COCCN(C1CC1)S(=O)(=O)c1ccc(CBr)cc1. The number of hydrogen-bond acceptors (Lipinski definition) is 3. The predicted molar refractivity (Wildman–Crippen MR) is 77.9 cm³/mol. The van der Waals surface area contributed by atoms with Gasteiger partial charge in [-0.15, -0.1) is 0 Å². The first-order valence-corrected chi connectivity index (χ1v) is 8.81. The molecule has 0 radical (unpaired) electrons. The summed E-state index contributed by atoms with van der Waals surface area (Å²) in [5.41, 5.74) is 1.06. The lowest BCUT2D eigenvalue weighted by Gasteiger charge is -2.21. The van der Waals surface area contributed by atoms with Crippen molar-refractivity contribution in [2.75, 3.05) is 20.3 Å². The van der Waals surface area contributed by atoms with Crippen LogP contribution in [0.5, 0.6) is 0 Å². The molecule has 19 heavy (non-hydrogen) atoms. The van der Waals surface area contributed by atoms with Gasteiger partial charge < -0.3 is 4.74 Å². The summed E-state index contributed by atoms with van der Waals surface area (Å²) in [4.78, 5) is 0.361. The zero-order valence-electron chi connectivity index (χ0n) is 10.9. The molecule has 6 heteroatoms. The molecule has 1 aromatic rings. The van der Waals surface area contributed by atoms with Crippen molar-refractivity contribution in [3.8, 4) is 0 Å². The predicted octanol–water partition coefficient (Wildman–Crippen LogP) is 2.38. The average molecular weight is 348 g/mol. The Morgan fingerprint density at radius 2 is 1.95 bits per heavy atom. The summed E-state index contributed by atoms with van der Waals surface area (Å²) in [7, 11) is -1.81. The lowest BCUT2D eigenvalue weighted by molar-refractivity contribution is 0.177. The Balaban J connectivity index is 2.22. The van der Waals surface area contributed by atoms with Crippen LogP contribution in [0.2, 0.25) is 0 Å². The molecule has 1 saturated carbocycles. The van der Waals surface area contributed by atoms with Crippen LogP contribution in [0.4, 0.5) is 0 Å². The highest BCUT2D eigenvalue weighted by Gasteiger charge is 2.37. The highest BCUT2D eigenvalue weighted by atomic mass is 79.9. The summed E-state index contributed by atoms with van der Waals surface area (Å²) < 4.78 is 31.7. The molecule has 1 aromatic carbocycles. The molecule has 0 aromatic heterocycles. The van der Waals surface area contributed by atoms with Crippen LogP contribution in [0.15, 0.2) is 29.2 Å². The fraction of sp³-hybridized carbons (Fsp3) is 0.538. The minimum Gasteiger partial charge on any atom is -0.383 e. The molecule has 0 bridgehead atoms. The molecule has 0 aliphatic heterocycles. The molecule has 0 heterocycles. The van der Waals surface area contributed by atoms with E-state index >= 15 is 0 Å². The highest BCUT2D eigenvalue weighted by molar-refractivity contribution is 9.08. The zero-order valence-corrected chi connectivity index (χ0v) is 13.3. The van der Waals surface area contributed by atoms with Gasteiger partial charge >= 0.3 is 0 Å². The monoisotopic (exact) mass is 347 g/mol. The van der Waals surface area contributed by atoms with Gasteiger partial charge in [0.1, 0.15) is 0 Å². The molecule has 1 aliphatic carbocycles. The van der Waals surface area contributed by atoms with Crippen LogP contribution in [-0.4, -0.2) is 39.0 Å². The maximum Gasteiger partial charge on any atom is 0.243 e. The number of methoxy groups -OCH3 is 1. The van der Waals surface area contributed by atoms with E-state index < -0.39 is 10.0 Å². The summed E-state index contributed by atoms with van der Waals surface area (Å²) in [6, 6.07) is 7.17. The third-order valence-corrected chi connectivity index (χ3v) is 5.77. The van der Waals surface area contributed by atoms with Crippen LogP contribution in [0.1, 0.15) is 18.4 Å². The second kappa shape index (κ2) is 6.35. The van der Waals surface area contributed by atoms with Crippen molar-refractivity contribution in [2.24, 2.45) is 0 Å².